The summed E-state index contributed by atoms with van der Waals surface area (Å²) >= 11 is 0. The normalized spacial score (nSPS) is 11.2. The maximum absolute atomic E-state index is 12.1. The third kappa shape index (κ3) is 3.36. The molecule has 0 atom stereocenters. The average Bonchev–Trinajstić information content (AvgIpc) is 2.46. The summed E-state index contributed by atoms with van der Waals surface area (Å²) in [6, 6.07) is 11.3. The van der Waals surface area contributed by atoms with Gasteiger partial charge in [0.1, 0.15) is 5.75 Å². The van der Waals surface area contributed by atoms with Gasteiger partial charge in [-0.1, -0.05) is 30.3 Å². The number of hydrogen-bond donors (Lipinski definition) is 2. The molecule has 0 aliphatic rings. The van der Waals surface area contributed by atoms with Gasteiger partial charge in [0, 0.05) is 18.2 Å². The molecule has 0 saturated heterocycles. The van der Waals surface area contributed by atoms with Crippen LogP contribution in [0.4, 0.5) is 5.69 Å². The van der Waals surface area contributed by atoms with Crippen molar-refractivity contribution in [3.63, 3.8) is 0 Å². The first-order chi connectivity index (χ1) is 9.92. The second-order valence-corrected chi connectivity index (χ2v) is 5.91. The number of sulfonamides is 1. The van der Waals surface area contributed by atoms with Crippen LogP contribution in [0.1, 0.15) is 5.56 Å². The Morgan fingerprint density at radius 1 is 1.10 bits per heavy atom. The number of aromatic hydroxyl groups is 1. The predicted octanol–water partition coefficient (Wildman–Crippen LogP) is 1.78. The minimum atomic E-state index is -4.05. The van der Waals surface area contributed by atoms with E-state index < -0.39 is 25.5 Å². The molecule has 2 N–H and O–H groups in total. The van der Waals surface area contributed by atoms with E-state index in [2.05, 4.69) is 4.72 Å². The van der Waals surface area contributed by atoms with Crippen molar-refractivity contribution in [2.45, 2.75) is 11.4 Å². The highest BCUT2D eigenvalue weighted by Crippen LogP contribution is 2.23. The number of rotatable bonds is 5. The molecule has 0 aromatic heterocycles. The Hall–Kier alpha value is -2.45. The molecule has 7 nitrogen and oxygen atoms in total. The zero-order valence-electron chi connectivity index (χ0n) is 10.8. The van der Waals surface area contributed by atoms with Crippen LogP contribution in [-0.2, 0) is 16.6 Å². The Morgan fingerprint density at radius 2 is 1.71 bits per heavy atom. The summed E-state index contributed by atoms with van der Waals surface area (Å²) in [5.41, 5.74) is -0.123. The Labute approximate surface area is 121 Å². The first kappa shape index (κ1) is 14.9. The van der Waals surface area contributed by atoms with E-state index >= 15 is 0 Å². The molecule has 21 heavy (non-hydrogen) atoms. The summed E-state index contributed by atoms with van der Waals surface area (Å²) in [6.07, 6.45) is 0. The third-order valence-electron chi connectivity index (χ3n) is 2.80. The molecule has 0 aliphatic heterocycles. The van der Waals surface area contributed by atoms with Crippen LogP contribution in [0.15, 0.2) is 53.4 Å². The molecule has 0 bridgehead atoms. The van der Waals surface area contributed by atoms with E-state index in [4.69, 9.17) is 0 Å². The summed E-state index contributed by atoms with van der Waals surface area (Å²) in [7, 11) is -4.05. The number of nitro benzene ring substituents is 1. The van der Waals surface area contributed by atoms with Crippen LogP contribution in [0.5, 0.6) is 5.75 Å². The van der Waals surface area contributed by atoms with Crippen LogP contribution >= 0.6 is 0 Å². The molecule has 0 spiro atoms. The molecule has 0 unspecified atom stereocenters. The third-order valence-corrected chi connectivity index (χ3v) is 4.24. The Kier molecular flexibility index (Phi) is 4.20. The largest absolute Gasteiger partial charge is 0.508 e. The lowest BCUT2D eigenvalue weighted by molar-refractivity contribution is -0.387. The zero-order chi connectivity index (χ0) is 15.5. The molecule has 110 valence electrons. The van der Waals surface area contributed by atoms with Crippen molar-refractivity contribution in [3.05, 3.63) is 64.2 Å². The SMILES string of the molecule is O=[N+]([O-])c1ccccc1S(=O)(=O)NCc1ccccc1O. The molecule has 0 amide bonds. The quantitative estimate of drug-likeness (QED) is 0.646. The average molecular weight is 308 g/mol. The molecule has 0 aliphatic carbocycles. The van der Waals surface area contributed by atoms with E-state index in [0.717, 1.165) is 12.1 Å². The van der Waals surface area contributed by atoms with Gasteiger partial charge >= 0.3 is 0 Å². The zero-order valence-corrected chi connectivity index (χ0v) is 11.6. The van der Waals surface area contributed by atoms with E-state index in [9.17, 15) is 23.6 Å². The summed E-state index contributed by atoms with van der Waals surface area (Å²) in [6.45, 7) is -0.166. The van der Waals surface area contributed by atoms with E-state index in [1.54, 1.807) is 18.2 Å². The molecule has 0 fully saturated rings. The van der Waals surface area contributed by atoms with Crippen LogP contribution in [0.3, 0.4) is 0 Å². The summed E-state index contributed by atoms with van der Waals surface area (Å²) in [5.74, 6) is -0.0530. The molecule has 0 radical (unpaired) electrons. The maximum Gasteiger partial charge on any atom is 0.289 e. The van der Waals surface area contributed by atoms with Gasteiger partial charge in [-0.3, -0.25) is 10.1 Å². The molecule has 2 aromatic carbocycles. The highest BCUT2D eigenvalue weighted by Gasteiger charge is 2.24. The molecular weight excluding hydrogens is 296 g/mol. The Morgan fingerprint density at radius 3 is 2.38 bits per heavy atom. The van der Waals surface area contributed by atoms with Gasteiger partial charge in [-0.2, -0.15) is 0 Å². The molecule has 2 rings (SSSR count). The van der Waals surface area contributed by atoms with Crippen molar-refractivity contribution in [1.29, 1.82) is 0 Å². The highest BCUT2D eigenvalue weighted by atomic mass is 32.2. The number of para-hydroxylation sites is 2. The second-order valence-electron chi connectivity index (χ2n) is 4.18. The monoisotopic (exact) mass is 308 g/mol. The number of nitrogens with one attached hydrogen (secondary N) is 1. The first-order valence-electron chi connectivity index (χ1n) is 5.92. The van der Waals surface area contributed by atoms with Gasteiger partial charge in [0.2, 0.25) is 10.0 Å². The fourth-order valence-electron chi connectivity index (χ4n) is 1.75. The van der Waals surface area contributed by atoms with Gasteiger partial charge in [0.15, 0.2) is 4.90 Å². The molecule has 0 heterocycles. The standard InChI is InChI=1S/C13H12N2O5S/c16-12-7-3-1-5-10(12)9-14-21(19,20)13-8-4-2-6-11(13)15(17)18/h1-8,14,16H,9H2. The molecular formula is C13H12N2O5S. The summed E-state index contributed by atoms with van der Waals surface area (Å²) < 4.78 is 26.5. The van der Waals surface area contributed by atoms with Crippen LogP contribution in [0.25, 0.3) is 0 Å². The molecule has 2 aromatic rings. The van der Waals surface area contributed by atoms with E-state index in [1.807, 2.05) is 0 Å². The number of phenols is 1. The predicted molar refractivity (Wildman–Crippen MR) is 75.2 cm³/mol. The van der Waals surface area contributed by atoms with Crippen molar-refractivity contribution >= 4 is 15.7 Å². The minimum absolute atomic E-state index is 0.0530. The number of nitrogens with zero attached hydrogens (tertiary/aromatic N) is 1. The lowest BCUT2D eigenvalue weighted by atomic mass is 10.2. The fraction of sp³-hybridized carbons (Fsp3) is 0.0769. The number of benzene rings is 2. The van der Waals surface area contributed by atoms with Crippen LogP contribution in [0, 0.1) is 10.1 Å². The lowest BCUT2D eigenvalue weighted by Gasteiger charge is -2.08. The van der Waals surface area contributed by atoms with Crippen molar-refractivity contribution in [2.75, 3.05) is 0 Å². The molecule has 0 saturated carbocycles. The smallest absolute Gasteiger partial charge is 0.289 e. The van der Waals surface area contributed by atoms with Gasteiger partial charge in [-0.25, -0.2) is 13.1 Å². The van der Waals surface area contributed by atoms with E-state index in [-0.39, 0.29) is 12.3 Å². The van der Waals surface area contributed by atoms with Gasteiger partial charge in [-0.15, -0.1) is 0 Å². The Balaban J connectivity index is 2.28. The molecule has 8 heteroatoms. The lowest BCUT2D eigenvalue weighted by Crippen LogP contribution is -2.24. The van der Waals surface area contributed by atoms with Crippen LogP contribution in [0.2, 0.25) is 0 Å². The Bertz CT molecular complexity index is 774. The van der Waals surface area contributed by atoms with Crippen molar-refractivity contribution in [2.24, 2.45) is 0 Å². The van der Waals surface area contributed by atoms with Crippen LogP contribution in [-0.4, -0.2) is 18.4 Å². The van der Waals surface area contributed by atoms with E-state index in [0.29, 0.717) is 5.56 Å². The summed E-state index contributed by atoms with van der Waals surface area (Å²) in [4.78, 5) is 9.70. The second kappa shape index (κ2) is 5.90. The van der Waals surface area contributed by atoms with Crippen LogP contribution < -0.4 is 4.72 Å². The van der Waals surface area contributed by atoms with E-state index in [1.165, 1.54) is 18.2 Å². The number of nitro groups is 1. The van der Waals surface area contributed by atoms with Crippen molar-refractivity contribution < 1.29 is 18.4 Å². The summed E-state index contributed by atoms with van der Waals surface area (Å²) in [5, 5.41) is 20.4. The minimum Gasteiger partial charge on any atom is -0.508 e. The first-order valence-corrected chi connectivity index (χ1v) is 7.40. The van der Waals surface area contributed by atoms with Gasteiger partial charge in [0.05, 0.1) is 4.92 Å². The van der Waals surface area contributed by atoms with Crippen molar-refractivity contribution in [1.82, 2.24) is 4.72 Å². The van der Waals surface area contributed by atoms with Crippen molar-refractivity contribution in [3.8, 4) is 5.75 Å². The topological polar surface area (TPSA) is 110 Å². The van der Waals surface area contributed by atoms with Gasteiger partial charge in [0.25, 0.3) is 5.69 Å². The number of phenolic OH excluding ortho intramolecular Hbond substituents is 1. The highest BCUT2D eigenvalue weighted by molar-refractivity contribution is 7.89. The van der Waals surface area contributed by atoms with Gasteiger partial charge < -0.3 is 5.11 Å². The van der Waals surface area contributed by atoms with Gasteiger partial charge in [-0.05, 0) is 12.1 Å². The fourth-order valence-corrected chi connectivity index (χ4v) is 2.92. The maximum atomic E-state index is 12.1. The number of hydrogen-bond acceptors (Lipinski definition) is 5.